The molecule has 13 heteroatoms. The lowest BCUT2D eigenvalue weighted by Gasteiger charge is -2.29. The van der Waals surface area contributed by atoms with Crippen LogP contribution >= 0.6 is 0 Å². The summed E-state index contributed by atoms with van der Waals surface area (Å²) in [6, 6.07) is 15.0. The first kappa shape index (κ1) is 33.6. The van der Waals surface area contributed by atoms with E-state index in [9.17, 15) is 19.2 Å². The van der Waals surface area contributed by atoms with E-state index in [-0.39, 0.29) is 31.3 Å². The van der Waals surface area contributed by atoms with Crippen molar-refractivity contribution in [2.24, 2.45) is 15.9 Å². The molecule has 0 fully saturated rings. The smallest absolute Gasteiger partial charge is 0.436 e. The third-order valence-corrected chi connectivity index (χ3v) is 6.56. The number of oxime groups is 1. The number of amidine groups is 1. The highest BCUT2D eigenvalue weighted by molar-refractivity contribution is 6.05. The van der Waals surface area contributed by atoms with Gasteiger partial charge in [-0.3, -0.25) is 9.69 Å². The Morgan fingerprint density at radius 2 is 1.73 bits per heavy atom. The molecule has 1 aliphatic heterocycles. The van der Waals surface area contributed by atoms with Gasteiger partial charge in [0, 0.05) is 26.1 Å². The van der Waals surface area contributed by atoms with Crippen LogP contribution in [0, 0.1) is 0 Å². The largest absolute Gasteiger partial charge is 0.467 e. The summed E-state index contributed by atoms with van der Waals surface area (Å²) >= 11 is 0. The van der Waals surface area contributed by atoms with Crippen LogP contribution in [0.25, 0.3) is 0 Å². The van der Waals surface area contributed by atoms with Gasteiger partial charge in [-0.15, -0.1) is 0 Å². The lowest BCUT2D eigenvalue weighted by molar-refractivity contribution is -0.147. The minimum Gasteiger partial charge on any atom is -0.467 e. The Labute approximate surface area is 256 Å². The van der Waals surface area contributed by atoms with Crippen molar-refractivity contribution in [1.82, 2.24) is 9.80 Å². The molecule has 0 spiro atoms. The van der Waals surface area contributed by atoms with Gasteiger partial charge in [-0.25, -0.2) is 14.4 Å². The van der Waals surface area contributed by atoms with E-state index in [1.807, 2.05) is 30.3 Å². The number of aliphatic imine (C=N–C) groups is 1. The van der Waals surface area contributed by atoms with Crippen molar-refractivity contribution in [2.45, 2.75) is 58.0 Å². The number of hydrogen-bond acceptors (Lipinski definition) is 9. The van der Waals surface area contributed by atoms with Crippen molar-refractivity contribution < 1.29 is 38.2 Å². The van der Waals surface area contributed by atoms with Crippen molar-refractivity contribution >= 4 is 35.6 Å². The number of nitrogens with zero attached hydrogens (tertiary/aromatic N) is 4. The first-order chi connectivity index (χ1) is 20.8. The van der Waals surface area contributed by atoms with Crippen molar-refractivity contribution in [3.63, 3.8) is 0 Å². The summed E-state index contributed by atoms with van der Waals surface area (Å²) in [4.78, 5) is 61.9. The van der Waals surface area contributed by atoms with Gasteiger partial charge in [-0.05, 0) is 31.9 Å². The van der Waals surface area contributed by atoms with Crippen LogP contribution in [-0.2, 0) is 35.2 Å². The summed E-state index contributed by atoms with van der Waals surface area (Å²) in [5.41, 5.74) is 7.98. The molecular weight excluding hydrogens is 570 g/mol. The van der Waals surface area contributed by atoms with E-state index in [1.54, 1.807) is 45.0 Å². The quantitative estimate of drug-likeness (QED) is 0.184. The molecule has 3 amide bonds. The molecule has 0 saturated heterocycles. The van der Waals surface area contributed by atoms with Crippen molar-refractivity contribution in [2.75, 3.05) is 27.7 Å². The van der Waals surface area contributed by atoms with Crippen LogP contribution in [0.15, 0.2) is 64.7 Å². The second-order valence-corrected chi connectivity index (χ2v) is 11.2. The molecule has 2 atom stereocenters. The Morgan fingerprint density at radius 3 is 2.34 bits per heavy atom. The average Bonchev–Trinajstić information content (AvgIpc) is 3.45. The van der Waals surface area contributed by atoms with Gasteiger partial charge in [0.05, 0.1) is 25.8 Å². The molecule has 3 rings (SSSR count). The second-order valence-electron chi connectivity index (χ2n) is 11.2. The zero-order valence-corrected chi connectivity index (χ0v) is 25.8. The van der Waals surface area contributed by atoms with Crippen LogP contribution in [0.2, 0.25) is 0 Å². The summed E-state index contributed by atoms with van der Waals surface area (Å²) in [6.07, 6.45) is -1.67. The van der Waals surface area contributed by atoms with E-state index in [0.717, 1.165) is 16.0 Å². The monoisotopic (exact) mass is 609 g/mol. The maximum Gasteiger partial charge on any atom is 0.436 e. The fourth-order valence-corrected chi connectivity index (χ4v) is 4.14. The van der Waals surface area contributed by atoms with Crippen LogP contribution in [0.5, 0.6) is 0 Å². The predicted molar refractivity (Wildman–Crippen MR) is 162 cm³/mol. The van der Waals surface area contributed by atoms with Gasteiger partial charge in [-0.2, -0.15) is 4.99 Å². The number of rotatable bonds is 10. The lowest BCUT2D eigenvalue weighted by Crippen LogP contribution is -2.50. The van der Waals surface area contributed by atoms with Crippen LogP contribution in [0.3, 0.4) is 0 Å². The lowest BCUT2D eigenvalue weighted by atomic mass is 10.0. The number of methoxy groups -OCH3 is 1. The summed E-state index contributed by atoms with van der Waals surface area (Å²) in [7, 11) is 4.15. The Kier molecular flexibility index (Phi) is 11.4. The third kappa shape index (κ3) is 9.82. The van der Waals surface area contributed by atoms with E-state index in [0.29, 0.717) is 17.7 Å². The van der Waals surface area contributed by atoms with Crippen LogP contribution in [-0.4, -0.2) is 90.9 Å². The van der Waals surface area contributed by atoms with Gasteiger partial charge in [0.2, 0.25) is 5.91 Å². The maximum absolute atomic E-state index is 13.0. The topological polar surface area (TPSA) is 162 Å². The second kappa shape index (κ2) is 15.0. The maximum atomic E-state index is 13.0. The Morgan fingerprint density at radius 1 is 1.07 bits per heavy atom. The SMILES string of the molecule is COC(=O)[C@H](CN(C)C(=O)CC1CC(c2ccc(/C(N)=N\C(=O)OC(C)(C)C)cc2)=NO1)N(C)C(=O)OCc1ccccc1. The Balaban J connectivity index is 1.53. The van der Waals surface area contributed by atoms with Gasteiger partial charge in [0.25, 0.3) is 0 Å². The third-order valence-electron chi connectivity index (χ3n) is 6.56. The molecular formula is C31H39N5O8. The van der Waals surface area contributed by atoms with Crippen molar-refractivity contribution in [3.05, 3.63) is 71.3 Å². The van der Waals surface area contributed by atoms with E-state index < -0.39 is 35.9 Å². The number of nitrogens with two attached hydrogens (primary N) is 1. The molecule has 2 aromatic rings. The minimum atomic E-state index is -1.08. The van der Waals surface area contributed by atoms with Crippen LogP contribution in [0.4, 0.5) is 9.59 Å². The molecule has 0 bridgehead atoms. The first-order valence-corrected chi connectivity index (χ1v) is 13.9. The number of carbonyl (C=O) groups is 4. The number of likely N-dealkylation sites (N-methyl/N-ethyl adjacent to an activating group) is 2. The fourth-order valence-electron chi connectivity index (χ4n) is 4.14. The van der Waals surface area contributed by atoms with Gasteiger partial charge in [0.15, 0.2) is 0 Å². The molecule has 0 aromatic heterocycles. The average molecular weight is 610 g/mol. The summed E-state index contributed by atoms with van der Waals surface area (Å²) < 4.78 is 15.4. The standard InChI is InChI=1S/C31H39N5O8/c1-31(2,3)43-29(39)33-27(32)22-14-12-21(13-15-22)24-16-23(44-34-24)17-26(37)35(4)18-25(28(38)41-6)36(5)30(40)42-19-20-10-8-7-9-11-20/h7-15,23,25H,16-19H2,1-6H3,(H2,32,33,39)/t23?,25-/m0/s1. The highest BCUT2D eigenvalue weighted by Gasteiger charge is 2.33. The number of benzene rings is 2. The molecule has 236 valence electrons. The minimum absolute atomic E-state index is 0.00681. The Hall–Kier alpha value is -4.94. The molecule has 1 aliphatic rings. The van der Waals surface area contributed by atoms with Gasteiger partial charge in [-0.1, -0.05) is 59.8 Å². The summed E-state index contributed by atoms with van der Waals surface area (Å²) in [6.45, 7) is 5.12. The highest BCUT2D eigenvalue weighted by Crippen LogP contribution is 2.21. The summed E-state index contributed by atoms with van der Waals surface area (Å²) in [5, 5.41) is 4.13. The number of ether oxygens (including phenoxy) is 3. The van der Waals surface area contributed by atoms with E-state index in [1.165, 1.54) is 26.1 Å². The van der Waals surface area contributed by atoms with Crippen molar-refractivity contribution in [3.8, 4) is 0 Å². The summed E-state index contributed by atoms with van der Waals surface area (Å²) in [5.74, 6) is -0.984. The molecule has 13 nitrogen and oxygen atoms in total. The molecule has 44 heavy (non-hydrogen) atoms. The van der Waals surface area contributed by atoms with Gasteiger partial charge in [0.1, 0.15) is 30.2 Å². The number of esters is 1. The van der Waals surface area contributed by atoms with Crippen molar-refractivity contribution in [1.29, 1.82) is 0 Å². The molecule has 0 aliphatic carbocycles. The van der Waals surface area contributed by atoms with Gasteiger partial charge < -0.3 is 29.7 Å². The molecule has 2 aromatic carbocycles. The first-order valence-electron chi connectivity index (χ1n) is 13.9. The molecule has 2 N–H and O–H groups in total. The van der Waals surface area contributed by atoms with Gasteiger partial charge >= 0.3 is 18.2 Å². The fraction of sp³-hybridized carbons (Fsp3) is 0.419. The Bertz CT molecular complexity index is 1390. The molecule has 0 saturated carbocycles. The number of amides is 3. The predicted octanol–water partition coefficient (Wildman–Crippen LogP) is 3.48. The molecule has 1 unspecified atom stereocenters. The van der Waals surface area contributed by atoms with Crippen LogP contribution in [0.1, 0.15) is 50.3 Å². The van der Waals surface area contributed by atoms with E-state index >= 15 is 0 Å². The molecule has 0 radical (unpaired) electrons. The number of carbonyl (C=O) groups excluding carboxylic acids is 4. The zero-order valence-electron chi connectivity index (χ0n) is 25.8. The zero-order chi connectivity index (χ0) is 32.4. The molecule has 1 heterocycles. The number of hydrogen-bond donors (Lipinski definition) is 1. The van der Waals surface area contributed by atoms with E-state index in [2.05, 4.69) is 10.1 Å². The highest BCUT2D eigenvalue weighted by atomic mass is 16.6. The normalized spacial score (nSPS) is 15.4. The van der Waals surface area contributed by atoms with Crippen LogP contribution < -0.4 is 5.73 Å². The van der Waals surface area contributed by atoms with E-state index in [4.69, 9.17) is 24.8 Å².